The predicted octanol–water partition coefficient (Wildman–Crippen LogP) is 0.523. The number of carboxylic acid groups (broad SMARTS) is 1. The average molecular weight is 235 g/mol. The second kappa shape index (κ2) is 4.09. The van der Waals surface area contributed by atoms with E-state index < -0.39 is 21.4 Å². The topological polar surface area (TPSA) is 74.7 Å². The third-order valence-electron chi connectivity index (χ3n) is 2.81. The molecule has 0 radical (unpaired) electrons. The summed E-state index contributed by atoms with van der Waals surface area (Å²) >= 11 is 0. The third-order valence-corrected chi connectivity index (χ3v) is 4.83. The van der Waals surface area contributed by atoms with E-state index in [1.807, 2.05) is 0 Å². The maximum absolute atomic E-state index is 11.7. The molecule has 0 bridgehead atoms. The zero-order chi connectivity index (χ0) is 11.7. The van der Waals surface area contributed by atoms with Crippen LogP contribution in [0.3, 0.4) is 0 Å². The molecule has 1 heterocycles. The monoisotopic (exact) mass is 235 g/mol. The van der Waals surface area contributed by atoms with Crippen molar-refractivity contribution in [3.05, 3.63) is 0 Å². The van der Waals surface area contributed by atoms with Gasteiger partial charge in [0.2, 0.25) is 10.0 Å². The maximum atomic E-state index is 11.7. The zero-order valence-electron chi connectivity index (χ0n) is 9.06. The number of carboxylic acids is 1. The Morgan fingerprint density at radius 3 is 2.53 bits per heavy atom. The molecule has 1 aliphatic rings. The van der Waals surface area contributed by atoms with Crippen LogP contribution in [-0.4, -0.2) is 42.6 Å². The van der Waals surface area contributed by atoms with Crippen molar-refractivity contribution < 1.29 is 18.3 Å². The Balaban J connectivity index is 2.76. The number of sulfonamides is 1. The highest BCUT2D eigenvalue weighted by molar-refractivity contribution is 7.89. The van der Waals surface area contributed by atoms with Crippen LogP contribution in [0.25, 0.3) is 0 Å². The van der Waals surface area contributed by atoms with Gasteiger partial charge in [0, 0.05) is 13.1 Å². The fourth-order valence-corrected chi connectivity index (χ4v) is 3.34. The SMILES string of the molecule is CCCS(=O)(=O)N1CCC(C)(C(=O)O)C1. The van der Waals surface area contributed by atoms with Crippen LogP contribution in [-0.2, 0) is 14.8 Å². The lowest BCUT2D eigenvalue weighted by Gasteiger charge is -2.19. The van der Waals surface area contributed by atoms with Crippen molar-refractivity contribution in [3.63, 3.8) is 0 Å². The highest BCUT2D eigenvalue weighted by Gasteiger charge is 2.44. The van der Waals surface area contributed by atoms with Crippen LogP contribution in [0.5, 0.6) is 0 Å². The van der Waals surface area contributed by atoms with Crippen LogP contribution >= 0.6 is 0 Å². The van der Waals surface area contributed by atoms with Gasteiger partial charge in [-0.2, -0.15) is 0 Å². The van der Waals surface area contributed by atoms with Gasteiger partial charge in [0.1, 0.15) is 0 Å². The normalized spacial score (nSPS) is 28.1. The van der Waals surface area contributed by atoms with Gasteiger partial charge in [0.05, 0.1) is 11.2 Å². The molecule has 1 fully saturated rings. The summed E-state index contributed by atoms with van der Waals surface area (Å²) in [4.78, 5) is 10.9. The van der Waals surface area contributed by atoms with Gasteiger partial charge >= 0.3 is 5.97 Å². The standard InChI is InChI=1S/C9H17NO4S/c1-3-6-15(13,14)10-5-4-9(2,7-10)8(11)12/h3-7H2,1-2H3,(H,11,12). The summed E-state index contributed by atoms with van der Waals surface area (Å²) in [6.07, 6.45) is 0.952. The van der Waals surface area contributed by atoms with E-state index in [-0.39, 0.29) is 12.3 Å². The Bertz CT molecular complexity index is 351. The van der Waals surface area contributed by atoms with E-state index in [0.29, 0.717) is 19.4 Å². The van der Waals surface area contributed by atoms with Crippen molar-refractivity contribution in [2.75, 3.05) is 18.8 Å². The van der Waals surface area contributed by atoms with Crippen LogP contribution in [0, 0.1) is 5.41 Å². The molecule has 0 aromatic heterocycles. The summed E-state index contributed by atoms with van der Waals surface area (Å²) in [5.74, 6) is -0.820. The first-order chi connectivity index (χ1) is 6.82. The Morgan fingerprint density at radius 1 is 1.53 bits per heavy atom. The number of aliphatic carboxylic acids is 1. The fraction of sp³-hybridized carbons (Fsp3) is 0.889. The van der Waals surface area contributed by atoms with Crippen LogP contribution in [0.4, 0.5) is 0 Å². The molecule has 15 heavy (non-hydrogen) atoms. The Morgan fingerprint density at radius 2 is 2.13 bits per heavy atom. The van der Waals surface area contributed by atoms with E-state index in [0.717, 1.165) is 0 Å². The van der Waals surface area contributed by atoms with E-state index in [1.54, 1.807) is 13.8 Å². The third kappa shape index (κ3) is 2.49. The maximum Gasteiger partial charge on any atom is 0.310 e. The molecule has 0 aromatic carbocycles. The van der Waals surface area contributed by atoms with Gasteiger partial charge in [-0.1, -0.05) is 6.92 Å². The number of hydrogen-bond donors (Lipinski definition) is 1. The van der Waals surface area contributed by atoms with Crippen LogP contribution in [0.1, 0.15) is 26.7 Å². The van der Waals surface area contributed by atoms with E-state index in [2.05, 4.69) is 0 Å². The van der Waals surface area contributed by atoms with E-state index in [1.165, 1.54) is 4.31 Å². The molecular formula is C9H17NO4S. The quantitative estimate of drug-likeness (QED) is 0.771. The number of carbonyl (C=O) groups is 1. The summed E-state index contributed by atoms with van der Waals surface area (Å²) in [5, 5.41) is 8.96. The molecule has 1 aliphatic heterocycles. The van der Waals surface area contributed by atoms with Crippen molar-refractivity contribution in [2.45, 2.75) is 26.7 Å². The largest absolute Gasteiger partial charge is 0.481 e. The van der Waals surface area contributed by atoms with Gasteiger partial charge in [-0.25, -0.2) is 12.7 Å². The van der Waals surface area contributed by atoms with Crippen molar-refractivity contribution in [2.24, 2.45) is 5.41 Å². The molecule has 1 N–H and O–H groups in total. The minimum absolute atomic E-state index is 0.0999. The molecule has 6 heteroatoms. The molecule has 0 aliphatic carbocycles. The first-order valence-electron chi connectivity index (χ1n) is 5.03. The van der Waals surface area contributed by atoms with Crippen LogP contribution in [0.15, 0.2) is 0 Å². The summed E-state index contributed by atoms with van der Waals surface area (Å²) in [6, 6.07) is 0. The van der Waals surface area contributed by atoms with Crippen molar-refractivity contribution in [1.29, 1.82) is 0 Å². The van der Waals surface area contributed by atoms with E-state index in [9.17, 15) is 13.2 Å². The van der Waals surface area contributed by atoms with Gasteiger partial charge in [-0.3, -0.25) is 4.79 Å². The van der Waals surface area contributed by atoms with E-state index in [4.69, 9.17) is 5.11 Å². The lowest BCUT2D eigenvalue weighted by atomic mass is 9.90. The number of hydrogen-bond acceptors (Lipinski definition) is 3. The Hall–Kier alpha value is -0.620. The highest BCUT2D eigenvalue weighted by Crippen LogP contribution is 2.31. The summed E-state index contributed by atoms with van der Waals surface area (Å²) in [6.45, 7) is 3.82. The summed E-state index contributed by atoms with van der Waals surface area (Å²) < 4.78 is 24.6. The molecule has 88 valence electrons. The summed E-state index contributed by atoms with van der Waals surface area (Å²) in [7, 11) is -3.24. The second-order valence-corrected chi connectivity index (χ2v) is 6.35. The van der Waals surface area contributed by atoms with E-state index >= 15 is 0 Å². The molecule has 0 amide bonds. The fourth-order valence-electron chi connectivity index (χ4n) is 1.72. The van der Waals surface area contributed by atoms with Crippen LogP contribution < -0.4 is 0 Å². The van der Waals surface area contributed by atoms with Crippen LogP contribution in [0.2, 0.25) is 0 Å². The smallest absolute Gasteiger partial charge is 0.310 e. The first kappa shape index (κ1) is 12.4. The van der Waals surface area contributed by atoms with Crippen molar-refractivity contribution in [1.82, 2.24) is 4.31 Å². The molecular weight excluding hydrogens is 218 g/mol. The average Bonchev–Trinajstić information content (AvgIpc) is 2.50. The number of nitrogens with zero attached hydrogens (tertiary/aromatic N) is 1. The van der Waals surface area contributed by atoms with Gasteiger partial charge < -0.3 is 5.11 Å². The molecule has 1 rings (SSSR count). The second-order valence-electron chi connectivity index (χ2n) is 4.27. The molecule has 0 saturated carbocycles. The predicted molar refractivity (Wildman–Crippen MR) is 56.0 cm³/mol. The molecule has 1 saturated heterocycles. The molecule has 0 spiro atoms. The minimum atomic E-state index is -3.24. The zero-order valence-corrected chi connectivity index (χ0v) is 9.88. The lowest BCUT2D eigenvalue weighted by Crippen LogP contribution is -2.35. The highest BCUT2D eigenvalue weighted by atomic mass is 32.2. The molecule has 1 unspecified atom stereocenters. The Labute approximate surface area is 90.1 Å². The minimum Gasteiger partial charge on any atom is -0.481 e. The van der Waals surface area contributed by atoms with Gasteiger partial charge in [-0.05, 0) is 19.8 Å². The lowest BCUT2D eigenvalue weighted by molar-refractivity contribution is -0.146. The van der Waals surface area contributed by atoms with Crippen molar-refractivity contribution >= 4 is 16.0 Å². The van der Waals surface area contributed by atoms with Gasteiger partial charge in [0.15, 0.2) is 0 Å². The summed E-state index contributed by atoms with van der Waals surface area (Å²) in [5.41, 5.74) is -0.916. The number of rotatable bonds is 4. The Kier molecular flexibility index (Phi) is 3.40. The molecule has 1 atom stereocenters. The molecule has 5 nitrogen and oxygen atoms in total. The molecule has 0 aromatic rings. The van der Waals surface area contributed by atoms with Crippen molar-refractivity contribution in [3.8, 4) is 0 Å². The first-order valence-corrected chi connectivity index (χ1v) is 6.64. The van der Waals surface area contributed by atoms with Gasteiger partial charge in [0.25, 0.3) is 0 Å². The van der Waals surface area contributed by atoms with Gasteiger partial charge in [-0.15, -0.1) is 0 Å².